The third-order valence-electron chi connectivity index (χ3n) is 4.28. The first-order valence-corrected chi connectivity index (χ1v) is 8.86. The third-order valence-corrected chi connectivity index (χ3v) is 4.28. The zero-order chi connectivity index (χ0) is 22.0. The minimum atomic E-state index is -0.256. The number of aromatic hydroxyl groups is 2. The van der Waals surface area contributed by atoms with Crippen LogP contribution in [0.5, 0.6) is 23.0 Å². The summed E-state index contributed by atoms with van der Waals surface area (Å²) >= 11 is 0. The molecule has 0 fully saturated rings. The van der Waals surface area contributed by atoms with Crippen molar-refractivity contribution in [1.29, 1.82) is 0 Å². The Morgan fingerprint density at radius 1 is 0.667 bits per heavy atom. The number of hydrogen-bond acceptors (Lipinski definition) is 8. The SMILES string of the molecule is COc1cc(O)c2c(=O)cc(C)oc2c1.COc1cc(O)c2c(=O)cc(C)oc2c1. The second kappa shape index (κ2) is 8.20. The molecule has 0 aliphatic carbocycles. The minimum Gasteiger partial charge on any atom is -0.507 e. The predicted octanol–water partition coefficient (Wildman–Crippen LogP) is 3.63. The van der Waals surface area contributed by atoms with Crippen molar-refractivity contribution in [3.05, 3.63) is 68.4 Å². The lowest BCUT2D eigenvalue weighted by molar-refractivity contribution is 0.407. The highest BCUT2D eigenvalue weighted by molar-refractivity contribution is 5.85. The van der Waals surface area contributed by atoms with Gasteiger partial charge in [-0.3, -0.25) is 9.59 Å². The Kier molecular flexibility index (Phi) is 5.68. The summed E-state index contributed by atoms with van der Waals surface area (Å²) in [5.74, 6) is 1.65. The first-order chi connectivity index (χ1) is 14.2. The van der Waals surface area contributed by atoms with E-state index in [4.69, 9.17) is 18.3 Å². The molecule has 4 aromatic rings. The molecule has 4 rings (SSSR count). The van der Waals surface area contributed by atoms with Gasteiger partial charge in [0.2, 0.25) is 0 Å². The number of hydrogen-bond donors (Lipinski definition) is 2. The molecule has 8 nitrogen and oxygen atoms in total. The lowest BCUT2D eigenvalue weighted by atomic mass is 10.2. The van der Waals surface area contributed by atoms with E-state index >= 15 is 0 Å². The van der Waals surface area contributed by atoms with Crippen molar-refractivity contribution in [3.8, 4) is 23.0 Å². The molecule has 0 atom stereocenters. The molecule has 2 heterocycles. The Morgan fingerprint density at radius 3 is 1.37 bits per heavy atom. The van der Waals surface area contributed by atoms with Crippen LogP contribution in [0.25, 0.3) is 21.9 Å². The Bertz CT molecular complexity index is 1240. The Balaban J connectivity index is 0.000000171. The van der Waals surface area contributed by atoms with Crippen molar-refractivity contribution < 1.29 is 28.5 Å². The fourth-order valence-electron chi connectivity index (χ4n) is 2.96. The molecular formula is C22H20O8. The van der Waals surface area contributed by atoms with Crippen LogP contribution in [0.2, 0.25) is 0 Å². The van der Waals surface area contributed by atoms with E-state index < -0.39 is 0 Å². The molecule has 0 radical (unpaired) electrons. The summed E-state index contributed by atoms with van der Waals surface area (Å²) in [6, 6.07) is 8.60. The van der Waals surface area contributed by atoms with Crippen molar-refractivity contribution in [1.82, 2.24) is 0 Å². The Morgan fingerprint density at radius 2 is 1.03 bits per heavy atom. The van der Waals surface area contributed by atoms with Gasteiger partial charge in [0.1, 0.15) is 56.5 Å². The summed E-state index contributed by atoms with van der Waals surface area (Å²) in [6.45, 7) is 3.36. The largest absolute Gasteiger partial charge is 0.507 e. The fourth-order valence-corrected chi connectivity index (χ4v) is 2.96. The first-order valence-electron chi connectivity index (χ1n) is 8.86. The zero-order valence-corrected chi connectivity index (χ0v) is 16.8. The van der Waals surface area contributed by atoms with Crippen LogP contribution in [-0.2, 0) is 0 Å². The van der Waals surface area contributed by atoms with Crippen LogP contribution < -0.4 is 20.3 Å². The van der Waals surface area contributed by atoms with Gasteiger partial charge in [-0.2, -0.15) is 0 Å². The predicted molar refractivity (Wildman–Crippen MR) is 111 cm³/mol. The van der Waals surface area contributed by atoms with Crippen molar-refractivity contribution in [3.63, 3.8) is 0 Å². The van der Waals surface area contributed by atoms with Gasteiger partial charge in [-0.15, -0.1) is 0 Å². The lowest BCUT2D eigenvalue weighted by Crippen LogP contribution is -2.00. The molecule has 156 valence electrons. The monoisotopic (exact) mass is 412 g/mol. The smallest absolute Gasteiger partial charge is 0.196 e. The molecule has 2 aromatic carbocycles. The molecule has 0 saturated heterocycles. The normalized spacial score (nSPS) is 10.5. The molecular weight excluding hydrogens is 392 g/mol. The summed E-state index contributed by atoms with van der Waals surface area (Å²) in [7, 11) is 2.96. The first kappa shape index (κ1) is 20.8. The molecule has 0 aliphatic rings. The van der Waals surface area contributed by atoms with Crippen molar-refractivity contribution in [2.24, 2.45) is 0 Å². The molecule has 0 spiro atoms. The standard InChI is InChI=1S/2C11H10O4/c2*1-6-3-8(12)11-9(13)4-7(14-2)5-10(11)15-6/h2*3-5,13H,1-2H3. The van der Waals surface area contributed by atoms with Crippen LogP contribution in [0.15, 0.2) is 54.8 Å². The highest BCUT2D eigenvalue weighted by Crippen LogP contribution is 2.29. The number of methoxy groups -OCH3 is 2. The fraction of sp³-hybridized carbons (Fsp3) is 0.182. The second-order valence-electron chi connectivity index (χ2n) is 6.48. The number of fused-ring (bicyclic) bond motifs is 2. The van der Waals surface area contributed by atoms with Gasteiger partial charge in [-0.25, -0.2) is 0 Å². The van der Waals surface area contributed by atoms with Gasteiger partial charge in [-0.1, -0.05) is 0 Å². The molecule has 0 unspecified atom stereocenters. The second-order valence-corrected chi connectivity index (χ2v) is 6.48. The van der Waals surface area contributed by atoms with Crippen LogP contribution in [0, 0.1) is 13.8 Å². The van der Waals surface area contributed by atoms with Crippen LogP contribution in [0.1, 0.15) is 11.5 Å². The van der Waals surface area contributed by atoms with Gasteiger partial charge in [-0.05, 0) is 13.8 Å². The minimum absolute atomic E-state index is 0.127. The maximum absolute atomic E-state index is 11.6. The third kappa shape index (κ3) is 4.07. The van der Waals surface area contributed by atoms with E-state index in [2.05, 4.69) is 0 Å². The van der Waals surface area contributed by atoms with Crippen molar-refractivity contribution >= 4 is 21.9 Å². The number of phenolic OH excluding ortho intramolecular Hbond substituents is 2. The molecule has 0 amide bonds. The maximum atomic E-state index is 11.6. The summed E-state index contributed by atoms with van der Waals surface area (Å²) in [5, 5.41) is 19.6. The number of phenols is 2. The zero-order valence-electron chi connectivity index (χ0n) is 16.8. The maximum Gasteiger partial charge on any atom is 0.196 e. The summed E-state index contributed by atoms with van der Waals surface area (Å²) in [5.41, 5.74) is 0.150. The molecule has 30 heavy (non-hydrogen) atoms. The van der Waals surface area contributed by atoms with E-state index in [-0.39, 0.29) is 33.1 Å². The van der Waals surface area contributed by atoms with Gasteiger partial charge in [0.25, 0.3) is 0 Å². The van der Waals surface area contributed by atoms with Crippen LogP contribution in [0.4, 0.5) is 0 Å². The van der Waals surface area contributed by atoms with E-state index in [1.165, 1.54) is 38.5 Å². The summed E-state index contributed by atoms with van der Waals surface area (Å²) in [4.78, 5) is 23.1. The molecule has 0 bridgehead atoms. The number of aryl methyl sites for hydroxylation is 2. The van der Waals surface area contributed by atoms with Crippen molar-refractivity contribution in [2.75, 3.05) is 14.2 Å². The Hall–Kier alpha value is -3.94. The van der Waals surface area contributed by atoms with E-state index in [1.54, 1.807) is 26.0 Å². The topological polar surface area (TPSA) is 119 Å². The van der Waals surface area contributed by atoms with E-state index in [0.717, 1.165) is 0 Å². The number of rotatable bonds is 2. The molecule has 2 N–H and O–H groups in total. The highest BCUT2D eigenvalue weighted by Gasteiger charge is 2.10. The van der Waals surface area contributed by atoms with E-state index in [1.807, 2.05) is 0 Å². The summed E-state index contributed by atoms with van der Waals surface area (Å²) in [6.07, 6.45) is 0. The Labute approximate surface area is 170 Å². The lowest BCUT2D eigenvalue weighted by Gasteiger charge is -2.04. The molecule has 8 heteroatoms. The van der Waals surface area contributed by atoms with Crippen LogP contribution >= 0.6 is 0 Å². The number of ether oxygens (including phenoxy) is 2. The van der Waals surface area contributed by atoms with Crippen LogP contribution in [0.3, 0.4) is 0 Å². The number of benzene rings is 2. The van der Waals surface area contributed by atoms with Gasteiger partial charge < -0.3 is 28.5 Å². The van der Waals surface area contributed by atoms with Gasteiger partial charge >= 0.3 is 0 Å². The van der Waals surface area contributed by atoms with Gasteiger partial charge in [0.15, 0.2) is 10.9 Å². The average Bonchev–Trinajstić information content (AvgIpc) is 2.66. The van der Waals surface area contributed by atoms with Gasteiger partial charge in [0, 0.05) is 36.4 Å². The molecule has 0 saturated carbocycles. The average molecular weight is 412 g/mol. The molecule has 0 aliphatic heterocycles. The van der Waals surface area contributed by atoms with Crippen molar-refractivity contribution in [2.45, 2.75) is 13.8 Å². The van der Waals surface area contributed by atoms with Crippen LogP contribution in [-0.4, -0.2) is 24.4 Å². The highest BCUT2D eigenvalue weighted by atomic mass is 16.5. The quantitative estimate of drug-likeness (QED) is 0.512. The summed E-state index contributed by atoms with van der Waals surface area (Å²) < 4.78 is 20.6. The van der Waals surface area contributed by atoms with E-state index in [0.29, 0.717) is 34.2 Å². The molecule has 2 aromatic heterocycles. The van der Waals surface area contributed by atoms with Gasteiger partial charge in [0.05, 0.1) is 14.2 Å². The van der Waals surface area contributed by atoms with E-state index in [9.17, 15) is 19.8 Å².